The van der Waals surface area contributed by atoms with Crippen molar-refractivity contribution >= 4 is 5.71 Å². The number of hydrogen-bond acceptors (Lipinski definition) is 3. The molecule has 0 fully saturated rings. The molecule has 0 aliphatic carbocycles. The van der Waals surface area contributed by atoms with Crippen molar-refractivity contribution in [1.29, 1.82) is 0 Å². The third kappa shape index (κ3) is 7.37. The van der Waals surface area contributed by atoms with E-state index in [1.165, 1.54) is 44.9 Å². The first kappa shape index (κ1) is 20.5. The Morgan fingerprint density at radius 3 is 2.04 bits per heavy atom. The molecular weight excluding hydrogens is 298 g/mol. The highest BCUT2D eigenvalue weighted by atomic mass is 16.4. The Bertz CT molecular complexity index is 495. The zero-order valence-electron chi connectivity index (χ0n) is 15.7. The van der Waals surface area contributed by atoms with E-state index in [4.69, 9.17) is 0 Å². The summed E-state index contributed by atoms with van der Waals surface area (Å²) in [7, 11) is 0. The average molecular weight is 334 g/mol. The monoisotopic (exact) mass is 333 g/mol. The number of hydrogen-bond donors (Lipinski definition) is 2. The molecule has 2 N–H and O–H groups in total. The van der Waals surface area contributed by atoms with Crippen molar-refractivity contribution in [3.05, 3.63) is 29.3 Å². The number of aromatic hydroxyl groups is 1. The van der Waals surface area contributed by atoms with E-state index in [-0.39, 0.29) is 5.75 Å². The summed E-state index contributed by atoms with van der Waals surface area (Å²) in [6.45, 7) is 6.43. The number of phenols is 1. The van der Waals surface area contributed by atoms with Gasteiger partial charge < -0.3 is 10.3 Å². The van der Waals surface area contributed by atoms with Crippen LogP contribution in [0.25, 0.3) is 0 Å². The lowest BCUT2D eigenvalue weighted by molar-refractivity contribution is 0.317. The zero-order chi connectivity index (χ0) is 17.8. The minimum atomic E-state index is 0.213. The van der Waals surface area contributed by atoms with Gasteiger partial charge in [-0.3, -0.25) is 0 Å². The second-order valence-electron chi connectivity index (χ2n) is 7.06. The van der Waals surface area contributed by atoms with Gasteiger partial charge in [-0.1, -0.05) is 83.4 Å². The van der Waals surface area contributed by atoms with Crippen LogP contribution in [0, 0.1) is 0 Å². The summed E-state index contributed by atoms with van der Waals surface area (Å²) in [5.41, 5.74) is 2.34. The average Bonchev–Trinajstić information content (AvgIpc) is 2.57. The molecule has 136 valence electrons. The van der Waals surface area contributed by atoms with E-state index < -0.39 is 0 Å². The highest BCUT2D eigenvalue weighted by molar-refractivity contribution is 6.02. The number of phenolic OH excluding ortho intramolecular Hbond substituents is 1. The van der Waals surface area contributed by atoms with Crippen molar-refractivity contribution in [3.63, 3.8) is 0 Å². The third-order valence-electron chi connectivity index (χ3n) is 4.64. The molecular formula is C21H35NO2. The van der Waals surface area contributed by atoms with E-state index in [9.17, 15) is 10.3 Å². The maximum Gasteiger partial charge on any atom is 0.125 e. The van der Waals surface area contributed by atoms with Gasteiger partial charge in [0.1, 0.15) is 5.75 Å². The number of benzene rings is 1. The molecule has 0 radical (unpaired) electrons. The fraction of sp³-hybridized carbons (Fsp3) is 0.667. The van der Waals surface area contributed by atoms with Crippen molar-refractivity contribution in [2.75, 3.05) is 0 Å². The molecule has 0 bridgehead atoms. The van der Waals surface area contributed by atoms with Crippen LogP contribution < -0.4 is 0 Å². The summed E-state index contributed by atoms with van der Waals surface area (Å²) in [4.78, 5) is 0. The quantitative estimate of drug-likeness (QED) is 0.195. The van der Waals surface area contributed by atoms with Crippen molar-refractivity contribution in [2.45, 2.75) is 90.9 Å². The SMILES string of the molecule is CCCCCCCCCCCC(=NO)c1ccc(C(C)C)cc1O. The zero-order valence-corrected chi connectivity index (χ0v) is 15.7. The third-order valence-corrected chi connectivity index (χ3v) is 4.64. The minimum absolute atomic E-state index is 0.213. The summed E-state index contributed by atoms with van der Waals surface area (Å²) in [6, 6.07) is 5.65. The van der Waals surface area contributed by atoms with Gasteiger partial charge in [-0.05, 0) is 36.5 Å². The summed E-state index contributed by atoms with van der Waals surface area (Å²) < 4.78 is 0. The summed E-state index contributed by atoms with van der Waals surface area (Å²) >= 11 is 0. The molecule has 1 aromatic carbocycles. The van der Waals surface area contributed by atoms with Gasteiger partial charge in [-0.25, -0.2) is 0 Å². The van der Waals surface area contributed by atoms with Gasteiger partial charge in [-0.15, -0.1) is 0 Å². The molecule has 0 heterocycles. The molecule has 0 spiro atoms. The van der Waals surface area contributed by atoms with Crippen molar-refractivity contribution < 1.29 is 10.3 Å². The van der Waals surface area contributed by atoms with E-state index in [0.717, 1.165) is 18.4 Å². The summed E-state index contributed by atoms with van der Waals surface area (Å²) in [6.07, 6.45) is 12.1. The highest BCUT2D eigenvalue weighted by Crippen LogP contribution is 2.25. The standard InChI is InChI=1S/C21H35NO2/c1-4-5-6-7-8-9-10-11-12-13-20(22-24)19-15-14-18(17(2)3)16-21(19)23/h14-17,23-24H,4-13H2,1-3H3. The first-order valence-electron chi connectivity index (χ1n) is 9.64. The van der Waals surface area contributed by atoms with Gasteiger partial charge >= 0.3 is 0 Å². The Hall–Kier alpha value is -1.51. The minimum Gasteiger partial charge on any atom is -0.507 e. The predicted molar refractivity (Wildman–Crippen MR) is 102 cm³/mol. The van der Waals surface area contributed by atoms with Gasteiger partial charge in [0.25, 0.3) is 0 Å². The number of unbranched alkanes of at least 4 members (excludes halogenated alkanes) is 8. The smallest absolute Gasteiger partial charge is 0.125 e. The molecule has 1 aromatic rings. The Balaban J connectivity index is 2.33. The van der Waals surface area contributed by atoms with Crippen molar-refractivity contribution in [1.82, 2.24) is 0 Å². The van der Waals surface area contributed by atoms with E-state index in [2.05, 4.69) is 25.9 Å². The Kier molecular flexibility index (Phi) is 10.2. The lowest BCUT2D eigenvalue weighted by Crippen LogP contribution is -2.02. The van der Waals surface area contributed by atoms with Gasteiger partial charge in [0, 0.05) is 5.56 Å². The van der Waals surface area contributed by atoms with E-state index in [1.807, 2.05) is 12.1 Å². The summed E-state index contributed by atoms with van der Waals surface area (Å²) in [5, 5.41) is 22.9. The molecule has 0 atom stereocenters. The van der Waals surface area contributed by atoms with Crippen LogP contribution in [0.2, 0.25) is 0 Å². The molecule has 0 saturated heterocycles. The maximum absolute atomic E-state index is 10.2. The lowest BCUT2D eigenvalue weighted by atomic mass is 9.97. The highest BCUT2D eigenvalue weighted by Gasteiger charge is 2.11. The number of nitrogens with zero attached hydrogens (tertiary/aromatic N) is 1. The molecule has 0 amide bonds. The second-order valence-corrected chi connectivity index (χ2v) is 7.06. The molecule has 3 heteroatoms. The number of rotatable bonds is 12. The van der Waals surface area contributed by atoms with Crippen LogP contribution in [-0.2, 0) is 0 Å². The van der Waals surface area contributed by atoms with Crippen LogP contribution in [0.5, 0.6) is 5.75 Å². The summed E-state index contributed by atoms with van der Waals surface area (Å²) in [5.74, 6) is 0.585. The Morgan fingerprint density at radius 2 is 1.54 bits per heavy atom. The first-order valence-corrected chi connectivity index (χ1v) is 9.64. The first-order chi connectivity index (χ1) is 11.6. The molecule has 0 unspecified atom stereocenters. The molecule has 0 aliphatic heterocycles. The van der Waals surface area contributed by atoms with Crippen LogP contribution in [0.1, 0.15) is 102 Å². The van der Waals surface area contributed by atoms with E-state index in [0.29, 0.717) is 23.6 Å². The Morgan fingerprint density at radius 1 is 0.958 bits per heavy atom. The van der Waals surface area contributed by atoms with Crippen LogP contribution in [0.15, 0.2) is 23.4 Å². The van der Waals surface area contributed by atoms with Crippen LogP contribution in [-0.4, -0.2) is 16.0 Å². The molecule has 24 heavy (non-hydrogen) atoms. The molecule has 1 rings (SSSR count). The van der Waals surface area contributed by atoms with Gasteiger partial charge in [-0.2, -0.15) is 0 Å². The van der Waals surface area contributed by atoms with Crippen molar-refractivity contribution in [2.24, 2.45) is 5.16 Å². The molecule has 0 saturated carbocycles. The fourth-order valence-corrected chi connectivity index (χ4v) is 2.99. The maximum atomic E-state index is 10.2. The van der Waals surface area contributed by atoms with Crippen LogP contribution in [0.4, 0.5) is 0 Å². The normalized spacial score (nSPS) is 12.1. The Labute approximate surface area is 147 Å². The number of oxime groups is 1. The van der Waals surface area contributed by atoms with Gasteiger partial charge in [0.2, 0.25) is 0 Å². The fourth-order valence-electron chi connectivity index (χ4n) is 2.99. The largest absolute Gasteiger partial charge is 0.507 e. The van der Waals surface area contributed by atoms with Gasteiger partial charge in [0.15, 0.2) is 0 Å². The van der Waals surface area contributed by atoms with E-state index >= 15 is 0 Å². The molecule has 0 aliphatic rings. The van der Waals surface area contributed by atoms with Crippen LogP contribution >= 0.6 is 0 Å². The predicted octanol–water partition coefficient (Wildman–Crippen LogP) is 6.61. The van der Waals surface area contributed by atoms with Gasteiger partial charge in [0.05, 0.1) is 5.71 Å². The molecule has 3 nitrogen and oxygen atoms in total. The van der Waals surface area contributed by atoms with E-state index in [1.54, 1.807) is 6.07 Å². The second kappa shape index (κ2) is 11.9. The van der Waals surface area contributed by atoms with Crippen molar-refractivity contribution in [3.8, 4) is 5.75 Å². The van der Waals surface area contributed by atoms with Crippen LogP contribution in [0.3, 0.4) is 0 Å². The lowest BCUT2D eigenvalue weighted by Gasteiger charge is -2.11. The molecule has 0 aromatic heterocycles. The topological polar surface area (TPSA) is 52.8 Å².